The Hall–Kier alpha value is -2.02. The lowest BCUT2D eigenvalue weighted by molar-refractivity contribution is -0.150. The maximum Gasteiger partial charge on any atom is 0.242 e. The lowest BCUT2D eigenvalue weighted by atomic mass is 9.46. The van der Waals surface area contributed by atoms with Gasteiger partial charge in [0.2, 0.25) is 11.2 Å². The van der Waals surface area contributed by atoms with E-state index in [9.17, 15) is 13.6 Å². The van der Waals surface area contributed by atoms with E-state index >= 15 is 0 Å². The molecule has 142 valence electrons. The van der Waals surface area contributed by atoms with Gasteiger partial charge in [-0.3, -0.25) is 4.79 Å². The second-order valence-corrected chi connectivity index (χ2v) is 8.84. The van der Waals surface area contributed by atoms with Gasteiger partial charge >= 0.3 is 0 Å². The minimum Gasteiger partial charge on any atom is -0.323 e. The summed E-state index contributed by atoms with van der Waals surface area (Å²) in [6.45, 7) is 0. The lowest BCUT2D eigenvalue weighted by Gasteiger charge is -2.60. The van der Waals surface area contributed by atoms with Gasteiger partial charge in [-0.05, 0) is 74.1 Å². The van der Waals surface area contributed by atoms with Crippen molar-refractivity contribution in [3.63, 3.8) is 0 Å². The zero-order valence-corrected chi connectivity index (χ0v) is 15.3. The number of anilines is 1. The van der Waals surface area contributed by atoms with Gasteiger partial charge in [-0.2, -0.15) is 0 Å². The number of hydrogen-bond donors (Lipinski definition) is 1. The van der Waals surface area contributed by atoms with Gasteiger partial charge in [-0.1, -0.05) is 0 Å². The van der Waals surface area contributed by atoms with Crippen LogP contribution in [0.25, 0.3) is 0 Å². The third-order valence-electron chi connectivity index (χ3n) is 6.64. The average molecular weight is 393 g/mol. The van der Waals surface area contributed by atoms with Gasteiger partial charge in [0, 0.05) is 6.07 Å². The predicted molar refractivity (Wildman–Crippen MR) is 95.1 cm³/mol. The molecule has 1 heterocycles. The normalized spacial score (nSPS) is 34.0. The van der Waals surface area contributed by atoms with Crippen molar-refractivity contribution < 1.29 is 13.6 Å². The highest BCUT2D eigenvalue weighted by molar-refractivity contribution is 6.28. The van der Waals surface area contributed by atoms with Gasteiger partial charge in [0.1, 0.15) is 18.0 Å². The molecule has 27 heavy (non-hydrogen) atoms. The molecule has 0 unspecified atom stereocenters. The molecule has 4 fully saturated rings. The molecule has 8 heteroatoms. The fraction of sp³-hybridized carbons (Fsp3) is 0.526. The SMILES string of the molecule is O=C(Nc1ccc(F)cc1F)C12C[C@H]3C[C@H](C1)CC(n1cnc(Cl)n1)(C3)C2. The molecule has 4 bridgehead atoms. The lowest BCUT2D eigenvalue weighted by Crippen LogP contribution is -2.60. The first-order valence-electron chi connectivity index (χ1n) is 9.22. The molecule has 0 aliphatic heterocycles. The van der Waals surface area contributed by atoms with E-state index < -0.39 is 17.0 Å². The first-order valence-corrected chi connectivity index (χ1v) is 9.60. The molecule has 2 atom stereocenters. The van der Waals surface area contributed by atoms with E-state index in [1.807, 2.05) is 4.68 Å². The highest BCUT2D eigenvalue weighted by Gasteiger charge is 2.61. The molecule has 1 amide bonds. The predicted octanol–water partition coefficient (Wildman–Crippen LogP) is 4.14. The number of benzene rings is 1. The zero-order chi connectivity index (χ0) is 18.8. The van der Waals surface area contributed by atoms with Gasteiger partial charge in [0.15, 0.2) is 0 Å². The van der Waals surface area contributed by atoms with Crippen molar-refractivity contribution in [2.45, 2.75) is 44.1 Å². The Labute approximate surface area is 160 Å². The monoisotopic (exact) mass is 392 g/mol. The molecular formula is C19H19ClF2N4O. The third kappa shape index (κ3) is 2.66. The summed E-state index contributed by atoms with van der Waals surface area (Å²) in [6.07, 6.45) is 6.92. The van der Waals surface area contributed by atoms with Crippen LogP contribution < -0.4 is 5.32 Å². The number of nitrogens with zero attached hydrogens (tertiary/aromatic N) is 3. The molecule has 4 aliphatic carbocycles. The number of carbonyl (C=O) groups excluding carboxylic acids is 1. The zero-order valence-electron chi connectivity index (χ0n) is 14.6. The molecule has 1 aromatic carbocycles. The van der Waals surface area contributed by atoms with Crippen molar-refractivity contribution >= 4 is 23.2 Å². The highest BCUT2D eigenvalue weighted by Crippen LogP contribution is 2.64. The van der Waals surface area contributed by atoms with E-state index in [-0.39, 0.29) is 22.4 Å². The Morgan fingerprint density at radius 1 is 1.22 bits per heavy atom. The highest BCUT2D eigenvalue weighted by atomic mass is 35.5. The van der Waals surface area contributed by atoms with E-state index in [4.69, 9.17) is 11.6 Å². The Balaban J connectivity index is 1.47. The van der Waals surface area contributed by atoms with E-state index in [1.54, 1.807) is 6.33 Å². The number of aromatic nitrogens is 3. The van der Waals surface area contributed by atoms with Crippen LogP contribution in [0, 0.1) is 28.9 Å². The van der Waals surface area contributed by atoms with Crippen LogP contribution >= 0.6 is 11.6 Å². The Bertz CT molecular complexity index is 916. The Morgan fingerprint density at radius 3 is 2.59 bits per heavy atom. The van der Waals surface area contributed by atoms with Crippen molar-refractivity contribution in [2.75, 3.05) is 5.32 Å². The van der Waals surface area contributed by atoms with Crippen molar-refractivity contribution in [1.29, 1.82) is 0 Å². The second kappa shape index (κ2) is 5.74. The van der Waals surface area contributed by atoms with Gasteiger partial charge in [0.25, 0.3) is 0 Å². The molecule has 4 saturated carbocycles. The molecule has 1 aromatic heterocycles. The van der Waals surface area contributed by atoms with Crippen molar-refractivity contribution in [2.24, 2.45) is 17.3 Å². The smallest absolute Gasteiger partial charge is 0.242 e. The largest absolute Gasteiger partial charge is 0.323 e. The summed E-state index contributed by atoms with van der Waals surface area (Å²) >= 11 is 5.94. The molecule has 5 nitrogen and oxygen atoms in total. The number of rotatable bonds is 3. The van der Waals surface area contributed by atoms with Crippen LogP contribution in [-0.2, 0) is 10.3 Å². The van der Waals surface area contributed by atoms with Crippen LogP contribution in [0.2, 0.25) is 5.28 Å². The van der Waals surface area contributed by atoms with Crippen LogP contribution in [0.15, 0.2) is 24.5 Å². The number of halogens is 3. The topological polar surface area (TPSA) is 59.8 Å². The first kappa shape index (κ1) is 17.1. The standard InChI is InChI=1S/C19H19ClF2N4O/c20-17-23-10-26(25-17)19-7-11-3-12(8-19)6-18(5-11,9-19)16(27)24-15-2-1-13(21)4-14(15)22/h1-2,4,10-12H,3,5-9H2,(H,24,27)/t11-,12-,18?,19?/m1/s1. The van der Waals surface area contributed by atoms with E-state index in [0.29, 0.717) is 18.3 Å². The summed E-state index contributed by atoms with van der Waals surface area (Å²) in [5, 5.41) is 7.26. The molecular weight excluding hydrogens is 374 g/mol. The van der Waals surface area contributed by atoms with E-state index in [0.717, 1.165) is 44.2 Å². The van der Waals surface area contributed by atoms with Crippen molar-refractivity contribution in [3.05, 3.63) is 41.4 Å². The maximum absolute atomic E-state index is 14.0. The molecule has 0 spiro atoms. The van der Waals surface area contributed by atoms with Gasteiger partial charge in [-0.15, -0.1) is 5.10 Å². The van der Waals surface area contributed by atoms with Crippen LogP contribution in [0.1, 0.15) is 38.5 Å². The van der Waals surface area contributed by atoms with Gasteiger partial charge in [0.05, 0.1) is 16.6 Å². The fourth-order valence-corrected chi connectivity index (χ4v) is 6.19. The summed E-state index contributed by atoms with van der Waals surface area (Å²) in [6, 6.07) is 3.21. The Kier molecular flexibility index (Phi) is 3.63. The summed E-state index contributed by atoms with van der Waals surface area (Å²) in [4.78, 5) is 17.3. The molecule has 2 aromatic rings. The van der Waals surface area contributed by atoms with Crippen LogP contribution in [0.4, 0.5) is 14.5 Å². The summed E-state index contributed by atoms with van der Waals surface area (Å²) < 4.78 is 29.0. The van der Waals surface area contributed by atoms with Crippen molar-refractivity contribution in [1.82, 2.24) is 14.8 Å². The molecule has 0 saturated heterocycles. The van der Waals surface area contributed by atoms with Gasteiger partial charge in [-0.25, -0.2) is 18.4 Å². The first-order chi connectivity index (χ1) is 12.9. The average Bonchev–Trinajstić information content (AvgIpc) is 3.03. The van der Waals surface area contributed by atoms with Crippen molar-refractivity contribution in [3.8, 4) is 0 Å². The molecule has 4 aliphatic rings. The van der Waals surface area contributed by atoms with Crippen LogP contribution in [0.3, 0.4) is 0 Å². The van der Waals surface area contributed by atoms with E-state index in [2.05, 4.69) is 15.4 Å². The molecule has 1 N–H and O–H groups in total. The molecule has 0 radical (unpaired) electrons. The number of carbonyl (C=O) groups is 1. The second-order valence-electron chi connectivity index (χ2n) is 8.50. The molecule has 6 rings (SSSR count). The minimum atomic E-state index is -0.758. The van der Waals surface area contributed by atoms with E-state index in [1.165, 1.54) is 6.07 Å². The number of hydrogen-bond acceptors (Lipinski definition) is 3. The van der Waals surface area contributed by atoms with Gasteiger partial charge < -0.3 is 5.32 Å². The van der Waals surface area contributed by atoms with Crippen LogP contribution in [0.5, 0.6) is 0 Å². The fourth-order valence-electron chi connectivity index (χ4n) is 6.07. The Morgan fingerprint density at radius 2 is 1.96 bits per heavy atom. The number of amides is 1. The summed E-state index contributed by atoms with van der Waals surface area (Å²) in [5.74, 6) is -0.748. The number of nitrogens with one attached hydrogen (secondary N) is 1. The maximum atomic E-state index is 14.0. The quantitative estimate of drug-likeness (QED) is 0.853. The summed E-state index contributed by atoms with van der Waals surface area (Å²) in [5.41, 5.74) is -0.804. The minimum absolute atomic E-state index is 0.0231. The van der Waals surface area contributed by atoms with Crippen LogP contribution in [-0.4, -0.2) is 20.7 Å². The summed E-state index contributed by atoms with van der Waals surface area (Å²) in [7, 11) is 0. The third-order valence-corrected chi connectivity index (χ3v) is 6.81.